The number of rotatable bonds is 3. The molecular weight excluding hydrogens is 340 g/mol. The number of ether oxygens (including phenoxy) is 1. The van der Waals surface area contributed by atoms with Crippen LogP contribution in [0.25, 0.3) is 0 Å². The molecule has 0 aliphatic carbocycles. The second-order valence-electron chi connectivity index (χ2n) is 5.25. The van der Waals surface area contributed by atoms with Gasteiger partial charge in [0.25, 0.3) is 5.91 Å². The van der Waals surface area contributed by atoms with Gasteiger partial charge in [0, 0.05) is 6.54 Å². The van der Waals surface area contributed by atoms with Gasteiger partial charge < -0.3 is 14.7 Å². The van der Waals surface area contributed by atoms with Crippen LogP contribution in [0.5, 0.6) is 0 Å². The molecule has 5 nitrogen and oxygen atoms in total. The van der Waals surface area contributed by atoms with E-state index in [0.29, 0.717) is 17.0 Å². The Bertz CT molecular complexity index is 792. The third kappa shape index (κ3) is 3.29. The van der Waals surface area contributed by atoms with Crippen molar-refractivity contribution in [3.05, 3.63) is 57.3 Å². The molecule has 0 radical (unpaired) electrons. The van der Waals surface area contributed by atoms with Crippen LogP contribution in [0.15, 0.2) is 30.3 Å². The van der Waals surface area contributed by atoms with Crippen molar-refractivity contribution in [3.8, 4) is 0 Å². The van der Waals surface area contributed by atoms with Gasteiger partial charge in [-0.25, -0.2) is 13.6 Å². The van der Waals surface area contributed by atoms with E-state index >= 15 is 0 Å². The van der Waals surface area contributed by atoms with E-state index in [4.69, 9.17) is 9.84 Å². The fraction of sp³-hybridized carbons (Fsp3) is 0.250. The number of halogens is 2. The van der Waals surface area contributed by atoms with Crippen LogP contribution in [0.4, 0.5) is 8.78 Å². The summed E-state index contributed by atoms with van der Waals surface area (Å²) in [5.74, 6) is -3.30. The molecule has 24 heavy (non-hydrogen) atoms. The lowest BCUT2D eigenvalue weighted by Crippen LogP contribution is -2.42. The number of carbonyl (C=O) groups excluding carboxylic acids is 1. The van der Waals surface area contributed by atoms with E-state index in [9.17, 15) is 18.4 Å². The van der Waals surface area contributed by atoms with Crippen molar-refractivity contribution in [3.63, 3.8) is 0 Å². The summed E-state index contributed by atoms with van der Waals surface area (Å²) >= 11 is 0.903. The number of carboxylic acid groups (broad SMARTS) is 1. The molecule has 0 bridgehead atoms. The Morgan fingerprint density at radius 1 is 1.17 bits per heavy atom. The quantitative estimate of drug-likeness (QED) is 0.921. The zero-order valence-electron chi connectivity index (χ0n) is 12.4. The van der Waals surface area contributed by atoms with Crippen molar-refractivity contribution in [2.45, 2.75) is 6.10 Å². The smallest absolute Gasteiger partial charge is 0.345 e. The maximum absolute atomic E-state index is 13.4. The molecule has 8 heteroatoms. The molecular formula is C16H13F2NO4S. The molecule has 1 unspecified atom stereocenters. The Hall–Kier alpha value is -2.32. The van der Waals surface area contributed by atoms with Crippen molar-refractivity contribution >= 4 is 23.2 Å². The largest absolute Gasteiger partial charge is 0.477 e. The highest BCUT2D eigenvalue weighted by atomic mass is 32.1. The lowest BCUT2D eigenvalue weighted by atomic mass is 10.1. The van der Waals surface area contributed by atoms with E-state index in [1.807, 2.05) is 0 Å². The SMILES string of the molecule is O=C(O)c1ccc(C(=O)N2CCOC(c3ccc(F)c(F)c3)C2)s1. The third-order valence-electron chi connectivity index (χ3n) is 3.70. The zero-order valence-corrected chi connectivity index (χ0v) is 13.2. The van der Waals surface area contributed by atoms with Crippen LogP contribution >= 0.6 is 11.3 Å². The molecule has 1 fully saturated rings. The topological polar surface area (TPSA) is 66.8 Å². The molecule has 1 atom stereocenters. The molecule has 1 saturated heterocycles. The lowest BCUT2D eigenvalue weighted by Gasteiger charge is -2.33. The summed E-state index contributed by atoms with van der Waals surface area (Å²) in [4.78, 5) is 25.3. The molecule has 2 aromatic rings. The minimum absolute atomic E-state index is 0.0868. The number of hydrogen-bond donors (Lipinski definition) is 1. The highest BCUT2D eigenvalue weighted by molar-refractivity contribution is 7.15. The summed E-state index contributed by atoms with van der Waals surface area (Å²) < 4.78 is 31.9. The van der Waals surface area contributed by atoms with E-state index in [0.717, 1.165) is 23.5 Å². The van der Waals surface area contributed by atoms with Crippen LogP contribution in [0.3, 0.4) is 0 Å². The van der Waals surface area contributed by atoms with Crippen LogP contribution < -0.4 is 0 Å². The Morgan fingerprint density at radius 2 is 1.92 bits per heavy atom. The predicted octanol–water partition coefficient (Wildman–Crippen LogP) is 2.94. The first-order valence-corrected chi connectivity index (χ1v) is 7.96. The fourth-order valence-corrected chi connectivity index (χ4v) is 3.28. The maximum Gasteiger partial charge on any atom is 0.345 e. The zero-order chi connectivity index (χ0) is 17.3. The summed E-state index contributed by atoms with van der Waals surface area (Å²) in [5.41, 5.74) is 0.448. The maximum atomic E-state index is 13.4. The van der Waals surface area contributed by atoms with Gasteiger partial charge >= 0.3 is 5.97 Å². The Labute approximate surface area is 140 Å². The number of aromatic carboxylic acids is 1. The van der Waals surface area contributed by atoms with Gasteiger partial charge in [0.1, 0.15) is 11.0 Å². The first-order valence-electron chi connectivity index (χ1n) is 7.14. The number of amides is 1. The van der Waals surface area contributed by atoms with Crippen LogP contribution in [0.2, 0.25) is 0 Å². The molecule has 1 aliphatic heterocycles. The minimum atomic E-state index is -1.08. The number of carbonyl (C=O) groups is 2. The van der Waals surface area contributed by atoms with E-state index < -0.39 is 23.7 Å². The average Bonchev–Trinajstić information content (AvgIpc) is 3.07. The molecule has 1 aliphatic rings. The Balaban J connectivity index is 1.75. The lowest BCUT2D eigenvalue weighted by molar-refractivity contribution is -0.0228. The van der Waals surface area contributed by atoms with Gasteiger partial charge in [-0.05, 0) is 29.8 Å². The number of benzene rings is 1. The number of hydrogen-bond acceptors (Lipinski definition) is 4. The molecule has 126 valence electrons. The third-order valence-corrected chi connectivity index (χ3v) is 4.76. The molecule has 1 aromatic heterocycles. The van der Waals surface area contributed by atoms with Crippen molar-refractivity contribution < 1.29 is 28.2 Å². The summed E-state index contributed by atoms with van der Waals surface area (Å²) in [7, 11) is 0. The minimum Gasteiger partial charge on any atom is -0.477 e. The standard InChI is InChI=1S/C16H13F2NO4S/c17-10-2-1-9(7-11(10)18)12-8-19(5-6-23-12)15(20)13-3-4-14(24-13)16(21)22/h1-4,7,12H,5-6,8H2,(H,21,22). The molecule has 1 N–H and O–H groups in total. The first kappa shape index (κ1) is 16.5. The van der Waals surface area contributed by atoms with E-state index in [1.54, 1.807) is 0 Å². The average molecular weight is 353 g/mol. The van der Waals surface area contributed by atoms with Gasteiger partial charge in [0.2, 0.25) is 0 Å². The van der Waals surface area contributed by atoms with E-state index in [-0.39, 0.29) is 23.9 Å². The molecule has 1 aromatic carbocycles. The molecule has 0 saturated carbocycles. The van der Waals surface area contributed by atoms with E-state index in [1.165, 1.54) is 23.1 Å². The molecule has 3 rings (SSSR count). The predicted molar refractivity (Wildman–Crippen MR) is 82.2 cm³/mol. The van der Waals surface area contributed by atoms with Crippen LogP contribution in [0.1, 0.15) is 31.0 Å². The Morgan fingerprint density at radius 3 is 2.58 bits per heavy atom. The van der Waals surface area contributed by atoms with Crippen molar-refractivity contribution in [1.82, 2.24) is 4.90 Å². The van der Waals surface area contributed by atoms with Gasteiger partial charge in [0.05, 0.1) is 18.0 Å². The normalized spacial score (nSPS) is 17.8. The summed E-state index contributed by atoms with van der Waals surface area (Å²) in [6, 6.07) is 6.35. The summed E-state index contributed by atoms with van der Waals surface area (Å²) in [6.45, 7) is 0.788. The second kappa shape index (κ2) is 6.66. The highest BCUT2D eigenvalue weighted by Gasteiger charge is 2.27. The van der Waals surface area contributed by atoms with Crippen LogP contribution in [0, 0.1) is 11.6 Å². The van der Waals surface area contributed by atoms with Gasteiger partial charge in [-0.1, -0.05) is 6.07 Å². The molecule has 2 heterocycles. The summed E-state index contributed by atoms with van der Waals surface area (Å²) in [6.07, 6.45) is -0.559. The van der Waals surface area contributed by atoms with Gasteiger partial charge in [-0.15, -0.1) is 11.3 Å². The van der Waals surface area contributed by atoms with Gasteiger partial charge in [0.15, 0.2) is 11.6 Å². The number of carboxylic acids is 1. The van der Waals surface area contributed by atoms with Crippen molar-refractivity contribution in [2.24, 2.45) is 0 Å². The van der Waals surface area contributed by atoms with Crippen LogP contribution in [-0.4, -0.2) is 41.6 Å². The first-order chi connectivity index (χ1) is 11.5. The number of nitrogens with zero attached hydrogens (tertiary/aromatic N) is 1. The molecule has 0 spiro atoms. The fourth-order valence-electron chi connectivity index (χ4n) is 2.47. The van der Waals surface area contributed by atoms with Gasteiger partial charge in [-0.3, -0.25) is 4.79 Å². The van der Waals surface area contributed by atoms with Crippen molar-refractivity contribution in [1.29, 1.82) is 0 Å². The van der Waals surface area contributed by atoms with E-state index in [2.05, 4.69) is 0 Å². The highest BCUT2D eigenvalue weighted by Crippen LogP contribution is 2.26. The number of thiophene rings is 1. The second-order valence-corrected chi connectivity index (χ2v) is 6.34. The molecule has 1 amide bonds. The monoisotopic (exact) mass is 353 g/mol. The van der Waals surface area contributed by atoms with Crippen LogP contribution in [-0.2, 0) is 4.74 Å². The van der Waals surface area contributed by atoms with Gasteiger partial charge in [-0.2, -0.15) is 0 Å². The summed E-state index contributed by atoms with van der Waals surface area (Å²) in [5, 5.41) is 8.93. The van der Waals surface area contributed by atoms with Crippen molar-refractivity contribution in [2.75, 3.05) is 19.7 Å². The Kier molecular flexibility index (Phi) is 4.59. The number of morpholine rings is 1.